The lowest BCUT2D eigenvalue weighted by molar-refractivity contribution is 0.0984. The molecule has 158 valence electrons. The predicted molar refractivity (Wildman–Crippen MR) is 123 cm³/mol. The zero-order chi connectivity index (χ0) is 22.0. The molecule has 0 N–H and O–H groups in total. The van der Waals surface area contributed by atoms with Crippen LogP contribution in [0.1, 0.15) is 28.5 Å². The third kappa shape index (κ3) is 4.50. The average Bonchev–Trinajstić information content (AvgIpc) is 3.20. The van der Waals surface area contributed by atoms with Crippen molar-refractivity contribution >= 4 is 42.4 Å². The van der Waals surface area contributed by atoms with E-state index in [-0.39, 0.29) is 23.1 Å². The summed E-state index contributed by atoms with van der Waals surface area (Å²) in [5.74, 6) is -0.353. The van der Waals surface area contributed by atoms with Crippen molar-refractivity contribution < 1.29 is 13.2 Å². The fourth-order valence-electron chi connectivity index (χ4n) is 3.16. The van der Waals surface area contributed by atoms with Gasteiger partial charge < -0.3 is 0 Å². The van der Waals surface area contributed by atoms with Crippen LogP contribution in [-0.4, -0.2) is 30.0 Å². The summed E-state index contributed by atoms with van der Waals surface area (Å²) in [5, 5.41) is 0.542. The largest absolute Gasteiger partial charge is 0.278 e. The lowest BCUT2D eigenvalue weighted by atomic mass is 10.2. The molecule has 0 atom stereocenters. The Labute approximate surface area is 185 Å². The van der Waals surface area contributed by atoms with Gasteiger partial charge >= 0.3 is 0 Å². The van der Waals surface area contributed by atoms with E-state index in [2.05, 4.69) is 9.97 Å². The lowest BCUT2D eigenvalue weighted by Gasteiger charge is -2.20. The van der Waals surface area contributed by atoms with Crippen LogP contribution in [0.25, 0.3) is 10.2 Å². The SMILES string of the molecule is CCS(=O)(=O)c1cccc(C(=O)N(Cc2ccccn2)c2nc3ccc(C)cc3s2)c1. The van der Waals surface area contributed by atoms with E-state index < -0.39 is 9.84 Å². The lowest BCUT2D eigenvalue weighted by Crippen LogP contribution is -2.30. The minimum absolute atomic E-state index is 0.0283. The number of carbonyl (C=O) groups excluding carboxylic acids is 1. The standard InChI is InChI=1S/C23H21N3O3S2/c1-3-31(28,29)19-9-6-7-17(14-19)22(27)26(15-18-8-4-5-12-24-18)23-25-20-11-10-16(2)13-21(20)30-23/h4-14H,3,15H2,1-2H3. The van der Waals surface area contributed by atoms with Crippen LogP contribution in [0.15, 0.2) is 71.8 Å². The van der Waals surface area contributed by atoms with Gasteiger partial charge in [0.05, 0.1) is 33.1 Å². The molecule has 0 bridgehead atoms. The summed E-state index contributed by atoms with van der Waals surface area (Å²) in [6, 6.07) is 17.6. The molecule has 0 fully saturated rings. The molecular formula is C23H21N3O3S2. The van der Waals surface area contributed by atoms with E-state index in [0.717, 1.165) is 15.8 Å². The summed E-state index contributed by atoms with van der Waals surface area (Å²) in [7, 11) is -3.42. The molecule has 1 amide bonds. The highest BCUT2D eigenvalue weighted by molar-refractivity contribution is 7.91. The van der Waals surface area contributed by atoms with Gasteiger partial charge in [0.25, 0.3) is 5.91 Å². The highest BCUT2D eigenvalue weighted by atomic mass is 32.2. The van der Waals surface area contributed by atoms with E-state index >= 15 is 0 Å². The minimum Gasteiger partial charge on any atom is -0.278 e. The first-order valence-electron chi connectivity index (χ1n) is 9.79. The zero-order valence-electron chi connectivity index (χ0n) is 17.1. The maximum absolute atomic E-state index is 13.5. The van der Waals surface area contributed by atoms with Crippen molar-refractivity contribution in [2.75, 3.05) is 10.7 Å². The van der Waals surface area contributed by atoms with Gasteiger partial charge in [-0.1, -0.05) is 36.5 Å². The van der Waals surface area contributed by atoms with E-state index in [0.29, 0.717) is 16.4 Å². The number of hydrogen-bond acceptors (Lipinski definition) is 6. The summed E-state index contributed by atoms with van der Waals surface area (Å²) in [6.07, 6.45) is 1.67. The van der Waals surface area contributed by atoms with Crippen LogP contribution in [0.2, 0.25) is 0 Å². The van der Waals surface area contributed by atoms with Crippen LogP contribution in [0, 0.1) is 6.92 Å². The molecule has 0 radical (unpaired) electrons. The maximum atomic E-state index is 13.5. The topological polar surface area (TPSA) is 80.2 Å². The smallest absolute Gasteiger partial charge is 0.260 e. The number of hydrogen-bond donors (Lipinski definition) is 0. The Morgan fingerprint density at radius 2 is 1.90 bits per heavy atom. The van der Waals surface area contributed by atoms with Gasteiger partial charge in [0.15, 0.2) is 15.0 Å². The normalized spacial score (nSPS) is 11.5. The molecule has 8 heteroatoms. The Morgan fingerprint density at radius 3 is 2.65 bits per heavy atom. The molecule has 2 heterocycles. The number of sulfone groups is 1. The number of fused-ring (bicyclic) bond motifs is 1. The van der Waals surface area contributed by atoms with Crippen LogP contribution in [0.4, 0.5) is 5.13 Å². The number of aromatic nitrogens is 2. The number of benzene rings is 2. The van der Waals surface area contributed by atoms with Crippen molar-refractivity contribution in [1.29, 1.82) is 0 Å². The molecular weight excluding hydrogens is 430 g/mol. The second-order valence-electron chi connectivity index (χ2n) is 7.11. The maximum Gasteiger partial charge on any atom is 0.260 e. The first kappa shape index (κ1) is 21.1. The van der Waals surface area contributed by atoms with Gasteiger partial charge in [-0.05, 0) is 55.0 Å². The number of rotatable bonds is 6. The van der Waals surface area contributed by atoms with Crippen molar-refractivity contribution in [1.82, 2.24) is 9.97 Å². The summed E-state index contributed by atoms with van der Waals surface area (Å²) < 4.78 is 25.6. The monoisotopic (exact) mass is 451 g/mol. The molecule has 4 aromatic rings. The van der Waals surface area contributed by atoms with E-state index in [1.54, 1.807) is 30.2 Å². The van der Waals surface area contributed by atoms with Crippen molar-refractivity contribution in [2.45, 2.75) is 25.3 Å². The van der Waals surface area contributed by atoms with Gasteiger partial charge in [-0.25, -0.2) is 13.4 Å². The Kier molecular flexibility index (Phi) is 5.84. The van der Waals surface area contributed by atoms with E-state index in [9.17, 15) is 13.2 Å². The molecule has 31 heavy (non-hydrogen) atoms. The molecule has 0 spiro atoms. The number of aryl methyl sites for hydroxylation is 1. The van der Waals surface area contributed by atoms with Crippen molar-refractivity contribution in [3.63, 3.8) is 0 Å². The number of amides is 1. The molecule has 0 saturated carbocycles. The second-order valence-corrected chi connectivity index (χ2v) is 10.4. The van der Waals surface area contributed by atoms with Crippen LogP contribution >= 0.6 is 11.3 Å². The Bertz CT molecular complexity index is 1350. The van der Waals surface area contributed by atoms with E-state index in [4.69, 9.17) is 0 Å². The first-order valence-corrected chi connectivity index (χ1v) is 12.3. The van der Waals surface area contributed by atoms with Gasteiger partial charge in [0, 0.05) is 11.8 Å². The zero-order valence-corrected chi connectivity index (χ0v) is 18.8. The molecule has 0 saturated heterocycles. The van der Waals surface area contributed by atoms with Gasteiger partial charge in [-0.2, -0.15) is 0 Å². The number of nitrogens with zero attached hydrogens (tertiary/aromatic N) is 3. The summed E-state index contributed by atoms with van der Waals surface area (Å²) >= 11 is 1.42. The second kappa shape index (κ2) is 8.56. The van der Waals surface area contributed by atoms with Crippen LogP contribution < -0.4 is 4.90 Å². The first-order chi connectivity index (χ1) is 14.9. The molecule has 0 aliphatic heterocycles. The van der Waals surface area contributed by atoms with E-state index in [1.165, 1.54) is 23.5 Å². The predicted octanol–water partition coefficient (Wildman–Crippen LogP) is 4.64. The quantitative estimate of drug-likeness (QED) is 0.427. The summed E-state index contributed by atoms with van der Waals surface area (Å²) in [6.45, 7) is 3.82. The number of carbonyl (C=O) groups is 1. The Morgan fingerprint density at radius 1 is 1.06 bits per heavy atom. The highest BCUT2D eigenvalue weighted by Crippen LogP contribution is 2.31. The van der Waals surface area contributed by atoms with Crippen molar-refractivity contribution in [3.05, 3.63) is 83.7 Å². The van der Waals surface area contributed by atoms with E-state index in [1.807, 2.05) is 43.3 Å². The van der Waals surface area contributed by atoms with Crippen molar-refractivity contribution in [2.24, 2.45) is 0 Å². The Hall–Kier alpha value is -3.10. The van der Waals surface area contributed by atoms with Crippen LogP contribution in [0.5, 0.6) is 0 Å². The molecule has 0 aliphatic carbocycles. The molecule has 0 unspecified atom stereocenters. The number of thiazole rings is 1. The average molecular weight is 452 g/mol. The van der Waals surface area contributed by atoms with Gasteiger partial charge in [-0.3, -0.25) is 14.7 Å². The third-order valence-corrected chi connectivity index (χ3v) is 7.65. The van der Waals surface area contributed by atoms with Gasteiger partial charge in [0.1, 0.15) is 0 Å². The fourth-order valence-corrected chi connectivity index (χ4v) is 5.15. The Balaban J connectivity index is 1.78. The molecule has 4 rings (SSSR count). The summed E-state index contributed by atoms with van der Waals surface area (Å²) in [5.41, 5.74) is 2.93. The molecule has 0 aliphatic rings. The van der Waals surface area contributed by atoms with Crippen LogP contribution in [0.3, 0.4) is 0 Å². The van der Waals surface area contributed by atoms with Gasteiger partial charge in [-0.15, -0.1) is 0 Å². The fraction of sp³-hybridized carbons (Fsp3) is 0.174. The summed E-state index contributed by atoms with van der Waals surface area (Å²) in [4.78, 5) is 24.2. The molecule has 2 aromatic carbocycles. The molecule has 6 nitrogen and oxygen atoms in total. The number of pyridine rings is 1. The minimum atomic E-state index is -3.42. The van der Waals surface area contributed by atoms with Crippen LogP contribution in [-0.2, 0) is 16.4 Å². The number of anilines is 1. The van der Waals surface area contributed by atoms with Gasteiger partial charge in [0.2, 0.25) is 0 Å². The van der Waals surface area contributed by atoms with Crippen molar-refractivity contribution in [3.8, 4) is 0 Å². The third-order valence-electron chi connectivity index (χ3n) is 4.88. The molecule has 2 aromatic heterocycles. The highest BCUT2D eigenvalue weighted by Gasteiger charge is 2.24.